The summed E-state index contributed by atoms with van der Waals surface area (Å²) in [4.78, 5) is 22.7. The van der Waals surface area contributed by atoms with Gasteiger partial charge >= 0.3 is 5.97 Å². The van der Waals surface area contributed by atoms with E-state index in [0.717, 1.165) is 0 Å². The van der Waals surface area contributed by atoms with E-state index in [9.17, 15) is 14.7 Å². The summed E-state index contributed by atoms with van der Waals surface area (Å²) < 4.78 is 5.13. The second-order valence-corrected chi connectivity index (χ2v) is 5.87. The molecule has 1 unspecified atom stereocenters. The van der Waals surface area contributed by atoms with Crippen molar-refractivity contribution in [3.8, 4) is 0 Å². The highest BCUT2D eigenvalue weighted by Crippen LogP contribution is 2.24. The molecule has 1 aromatic carbocycles. The third-order valence-electron chi connectivity index (χ3n) is 3.33. The number of carboxylic acid groups (broad SMARTS) is 1. The SMILES string of the molecule is O=C(NCC(O)c1cc(Cl)cc(Cl)c1)[C@@H]1CC[C@H](C(=O)O)O1. The van der Waals surface area contributed by atoms with Gasteiger partial charge in [-0.3, -0.25) is 4.79 Å². The number of aliphatic hydroxyl groups excluding tert-OH is 1. The van der Waals surface area contributed by atoms with Crippen LogP contribution in [0.4, 0.5) is 0 Å². The number of hydrogen-bond donors (Lipinski definition) is 3. The summed E-state index contributed by atoms with van der Waals surface area (Å²) in [6.45, 7) is -0.0485. The van der Waals surface area contributed by atoms with Gasteiger partial charge < -0.3 is 20.3 Å². The number of hydrogen-bond acceptors (Lipinski definition) is 4. The Balaban J connectivity index is 1.87. The molecule has 120 valence electrons. The Hall–Kier alpha value is -1.34. The summed E-state index contributed by atoms with van der Waals surface area (Å²) in [5.74, 6) is -1.53. The fraction of sp³-hybridized carbons (Fsp3) is 0.429. The number of nitrogens with one attached hydrogen (secondary N) is 1. The van der Waals surface area contributed by atoms with Gasteiger partial charge in [-0.25, -0.2) is 4.79 Å². The second kappa shape index (κ2) is 7.28. The molecular formula is C14H15Cl2NO5. The van der Waals surface area contributed by atoms with Crippen LogP contribution < -0.4 is 5.32 Å². The molecule has 0 spiro atoms. The van der Waals surface area contributed by atoms with Gasteiger partial charge in [-0.05, 0) is 36.6 Å². The number of halogens is 2. The standard InChI is InChI=1S/C14H15Cl2NO5/c15-8-3-7(4-9(16)5-8)10(18)6-17-13(19)11-1-2-12(22-11)14(20)21/h3-5,10-12,18H,1-2,6H2,(H,17,19)(H,20,21)/t10?,11-,12+/m0/s1. The number of ether oxygens (including phenoxy) is 1. The van der Waals surface area contributed by atoms with Crippen molar-refractivity contribution in [1.29, 1.82) is 0 Å². The van der Waals surface area contributed by atoms with Crippen molar-refractivity contribution in [1.82, 2.24) is 5.32 Å². The number of amides is 1. The van der Waals surface area contributed by atoms with E-state index >= 15 is 0 Å². The van der Waals surface area contributed by atoms with Gasteiger partial charge in [0, 0.05) is 16.6 Å². The van der Waals surface area contributed by atoms with Crippen LogP contribution in [0.5, 0.6) is 0 Å². The summed E-state index contributed by atoms with van der Waals surface area (Å²) in [6.07, 6.45) is -2.11. The lowest BCUT2D eigenvalue weighted by atomic mass is 10.1. The molecule has 1 saturated heterocycles. The molecular weight excluding hydrogens is 333 g/mol. The van der Waals surface area contributed by atoms with Crippen molar-refractivity contribution in [2.24, 2.45) is 0 Å². The molecule has 1 aliphatic rings. The number of benzene rings is 1. The van der Waals surface area contributed by atoms with Gasteiger partial charge in [0.05, 0.1) is 6.10 Å². The molecule has 0 radical (unpaired) electrons. The van der Waals surface area contributed by atoms with E-state index in [0.29, 0.717) is 28.5 Å². The first-order chi connectivity index (χ1) is 10.4. The van der Waals surface area contributed by atoms with E-state index in [1.54, 1.807) is 12.1 Å². The molecule has 2 rings (SSSR count). The maximum absolute atomic E-state index is 11.9. The zero-order valence-electron chi connectivity index (χ0n) is 11.5. The normalized spacial score (nSPS) is 22.3. The summed E-state index contributed by atoms with van der Waals surface area (Å²) >= 11 is 11.7. The highest BCUT2D eigenvalue weighted by Gasteiger charge is 2.34. The Kier molecular flexibility index (Phi) is 5.63. The van der Waals surface area contributed by atoms with E-state index in [-0.39, 0.29) is 6.54 Å². The van der Waals surface area contributed by atoms with Crippen LogP contribution in [0.15, 0.2) is 18.2 Å². The summed E-state index contributed by atoms with van der Waals surface area (Å²) in [5, 5.41) is 22.1. The zero-order chi connectivity index (χ0) is 16.3. The molecule has 0 saturated carbocycles. The third kappa shape index (κ3) is 4.33. The van der Waals surface area contributed by atoms with Gasteiger partial charge in [-0.2, -0.15) is 0 Å². The predicted molar refractivity (Wildman–Crippen MR) is 80.0 cm³/mol. The largest absolute Gasteiger partial charge is 0.479 e. The van der Waals surface area contributed by atoms with E-state index in [4.69, 9.17) is 33.0 Å². The van der Waals surface area contributed by atoms with Crippen molar-refractivity contribution in [3.05, 3.63) is 33.8 Å². The molecule has 0 aromatic heterocycles. The number of carbonyl (C=O) groups is 2. The Bertz CT molecular complexity index is 560. The van der Waals surface area contributed by atoms with Crippen LogP contribution in [0.25, 0.3) is 0 Å². The third-order valence-corrected chi connectivity index (χ3v) is 3.76. The predicted octanol–water partition coefficient (Wildman–Crippen LogP) is 1.78. The lowest BCUT2D eigenvalue weighted by Gasteiger charge is -2.15. The van der Waals surface area contributed by atoms with Crippen molar-refractivity contribution in [2.45, 2.75) is 31.2 Å². The average molecular weight is 348 g/mol. The van der Waals surface area contributed by atoms with Gasteiger partial charge in [0.25, 0.3) is 0 Å². The Labute approximate surface area is 137 Å². The number of carboxylic acids is 1. The van der Waals surface area contributed by atoms with Crippen LogP contribution in [-0.2, 0) is 14.3 Å². The topological polar surface area (TPSA) is 95.9 Å². The molecule has 0 bridgehead atoms. The molecule has 0 aliphatic carbocycles. The zero-order valence-corrected chi connectivity index (χ0v) is 13.0. The van der Waals surface area contributed by atoms with E-state index in [1.807, 2.05) is 0 Å². The lowest BCUT2D eigenvalue weighted by molar-refractivity contribution is -0.151. The molecule has 8 heteroatoms. The van der Waals surface area contributed by atoms with Crippen LogP contribution in [0.3, 0.4) is 0 Å². The van der Waals surface area contributed by atoms with Gasteiger partial charge in [0.1, 0.15) is 6.10 Å². The highest BCUT2D eigenvalue weighted by molar-refractivity contribution is 6.34. The molecule has 1 fully saturated rings. The quantitative estimate of drug-likeness (QED) is 0.754. The molecule has 1 heterocycles. The highest BCUT2D eigenvalue weighted by atomic mass is 35.5. The fourth-order valence-electron chi connectivity index (χ4n) is 2.21. The summed E-state index contributed by atoms with van der Waals surface area (Å²) in [7, 11) is 0. The van der Waals surface area contributed by atoms with Gasteiger partial charge in [0.2, 0.25) is 5.91 Å². The maximum Gasteiger partial charge on any atom is 0.332 e. The molecule has 6 nitrogen and oxygen atoms in total. The van der Waals surface area contributed by atoms with Crippen LogP contribution in [0.2, 0.25) is 10.0 Å². The smallest absolute Gasteiger partial charge is 0.332 e. The van der Waals surface area contributed by atoms with Gasteiger partial charge in [-0.15, -0.1) is 0 Å². The fourth-order valence-corrected chi connectivity index (χ4v) is 2.75. The molecule has 1 amide bonds. The second-order valence-electron chi connectivity index (χ2n) is 4.99. The Morgan fingerprint density at radius 1 is 1.23 bits per heavy atom. The lowest BCUT2D eigenvalue weighted by Crippen LogP contribution is -2.37. The first kappa shape index (κ1) is 17.0. The van der Waals surface area contributed by atoms with Crippen molar-refractivity contribution in [3.63, 3.8) is 0 Å². The van der Waals surface area contributed by atoms with Crippen LogP contribution in [0, 0.1) is 0 Å². The van der Waals surface area contributed by atoms with Crippen LogP contribution >= 0.6 is 23.2 Å². The summed E-state index contributed by atoms with van der Waals surface area (Å²) in [5.41, 5.74) is 0.480. The number of aliphatic hydroxyl groups is 1. The number of aliphatic carboxylic acids is 1. The molecule has 3 atom stereocenters. The molecule has 3 N–H and O–H groups in total. The molecule has 1 aromatic rings. The van der Waals surface area contributed by atoms with Crippen molar-refractivity contribution >= 4 is 35.1 Å². The van der Waals surface area contributed by atoms with Crippen molar-refractivity contribution < 1.29 is 24.5 Å². The van der Waals surface area contributed by atoms with Crippen LogP contribution in [-0.4, -0.2) is 40.8 Å². The molecule has 22 heavy (non-hydrogen) atoms. The molecule has 1 aliphatic heterocycles. The maximum atomic E-state index is 11.9. The van der Waals surface area contributed by atoms with E-state index < -0.39 is 30.2 Å². The Morgan fingerprint density at radius 3 is 2.36 bits per heavy atom. The monoisotopic (exact) mass is 347 g/mol. The van der Waals surface area contributed by atoms with Crippen molar-refractivity contribution in [2.75, 3.05) is 6.54 Å². The van der Waals surface area contributed by atoms with Crippen LogP contribution in [0.1, 0.15) is 24.5 Å². The Morgan fingerprint density at radius 2 is 1.82 bits per heavy atom. The number of rotatable bonds is 5. The minimum absolute atomic E-state index is 0.0485. The summed E-state index contributed by atoms with van der Waals surface area (Å²) in [6, 6.07) is 4.64. The number of carbonyl (C=O) groups excluding carboxylic acids is 1. The average Bonchev–Trinajstić information content (AvgIpc) is 2.93. The van der Waals surface area contributed by atoms with E-state index in [1.165, 1.54) is 6.07 Å². The minimum atomic E-state index is -1.08. The van der Waals surface area contributed by atoms with E-state index in [2.05, 4.69) is 5.32 Å². The van der Waals surface area contributed by atoms with Gasteiger partial charge in [0.15, 0.2) is 6.10 Å². The first-order valence-electron chi connectivity index (χ1n) is 6.67. The first-order valence-corrected chi connectivity index (χ1v) is 7.42. The minimum Gasteiger partial charge on any atom is -0.479 e. The van der Waals surface area contributed by atoms with Gasteiger partial charge in [-0.1, -0.05) is 23.2 Å².